The Bertz CT molecular complexity index is 1160. The number of nitrogens with one attached hydrogen (secondary N) is 2. The summed E-state index contributed by atoms with van der Waals surface area (Å²) >= 11 is 1.45. The molecule has 8 nitrogen and oxygen atoms in total. The van der Waals surface area contributed by atoms with Crippen LogP contribution in [0.2, 0.25) is 0 Å². The molecule has 32 heavy (non-hydrogen) atoms. The molecule has 1 fully saturated rings. The smallest absolute Gasteiger partial charge is 0.257 e. The van der Waals surface area contributed by atoms with Crippen molar-refractivity contribution in [3.05, 3.63) is 42.0 Å². The molecule has 0 bridgehead atoms. The molecule has 0 unspecified atom stereocenters. The number of hydrogen-bond acceptors (Lipinski definition) is 6. The zero-order valence-electron chi connectivity index (χ0n) is 18.1. The largest absolute Gasteiger partial charge is 0.371 e. The Morgan fingerprint density at radius 3 is 2.56 bits per heavy atom. The Labute approximate surface area is 192 Å². The maximum atomic E-state index is 13.3. The predicted molar refractivity (Wildman–Crippen MR) is 127 cm³/mol. The number of carbonyl (C=O) groups is 2. The number of rotatable bonds is 5. The van der Waals surface area contributed by atoms with Crippen LogP contribution < -0.4 is 15.5 Å². The van der Waals surface area contributed by atoms with E-state index in [2.05, 4.69) is 15.5 Å². The maximum Gasteiger partial charge on any atom is 0.257 e. The number of carbonyl (C=O) groups excluding carboxylic acids is 2. The Kier molecular flexibility index (Phi) is 6.45. The molecular formula is C22H26N4O4S2. The van der Waals surface area contributed by atoms with Crippen LogP contribution in [-0.2, 0) is 14.8 Å². The number of piperidine rings is 1. The van der Waals surface area contributed by atoms with Gasteiger partial charge < -0.3 is 15.5 Å². The van der Waals surface area contributed by atoms with Crippen LogP contribution in [0.15, 0.2) is 46.2 Å². The fourth-order valence-corrected chi connectivity index (χ4v) is 5.56. The van der Waals surface area contributed by atoms with Crippen molar-refractivity contribution in [2.24, 2.45) is 0 Å². The molecule has 0 atom stereocenters. The van der Waals surface area contributed by atoms with E-state index in [1.54, 1.807) is 24.3 Å². The predicted octanol–water partition coefficient (Wildman–Crippen LogP) is 3.22. The van der Waals surface area contributed by atoms with Gasteiger partial charge in [-0.1, -0.05) is 0 Å². The van der Waals surface area contributed by atoms with E-state index in [0.717, 1.165) is 47.2 Å². The number of fused-ring (bicyclic) bond motifs is 1. The lowest BCUT2D eigenvalue weighted by Crippen LogP contribution is -2.32. The number of hydrogen-bond donors (Lipinski definition) is 2. The lowest BCUT2D eigenvalue weighted by molar-refractivity contribution is -0.113. The summed E-state index contributed by atoms with van der Waals surface area (Å²) in [4.78, 5) is 28.2. The van der Waals surface area contributed by atoms with E-state index in [1.807, 2.05) is 6.07 Å². The Hall–Kier alpha value is -2.56. The molecule has 1 saturated heterocycles. The van der Waals surface area contributed by atoms with Crippen LogP contribution in [-0.4, -0.2) is 57.5 Å². The Balaban J connectivity index is 1.69. The van der Waals surface area contributed by atoms with Gasteiger partial charge in [-0.2, -0.15) is 0 Å². The summed E-state index contributed by atoms with van der Waals surface area (Å²) < 4.78 is 26.5. The quantitative estimate of drug-likeness (QED) is 0.690. The second kappa shape index (κ2) is 9.13. The van der Waals surface area contributed by atoms with Gasteiger partial charge in [-0.25, -0.2) is 12.7 Å². The molecule has 0 spiro atoms. The van der Waals surface area contributed by atoms with Crippen LogP contribution in [0.4, 0.5) is 17.1 Å². The van der Waals surface area contributed by atoms with Crippen molar-refractivity contribution in [2.75, 3.05) is 48.5 Å². The SMILES string of the molecule is CN(C)S(=O)(=O)c1ccc(N2CCCCC2)c(C(=O)Nc2ccc3c(c2)NC(=O)CS3)c1. The van der Waals surface area contributed by atoms with Gasteiger partial charge >= 0.3 is 0 Å². The van der Waals surface area contributed by atoms with E-state index in [4.69, 9.17) is 0 Å². The van der Waals surface area contributed by atoms with Gasteiger partial charge in [-0.3, -0.25) is 9.59 Å². The molecule has 10 heteroatoms. The van der Waals surface area contributed by atoms with Gasteiger partial charge in [0.05, 0.1) is 21.9 Å². The second-order valence-corrected chi connectivity index (χ2v) is 11.2. The molecule has 2 aromatic rings. The summed E-state index contributed by atoms with van der Waals surface area (Å²) in [6.07, 6.45) is 3.20. The van der Waals surface area contributed by atoms with Gasteiger partial charge in [0.15, 0.2) is 0 Å². The van der Waals surface area contributed by atoms with Gasteiger partial charge in [0.2, 0.25) is 15.9 Å². The maximum absolute atomic E-state index is 13.3. The zero-order chi connectivity index (χ0) is 22.9. The van der Waals surface area contributed by atoms with Gasteiger partial charge in [-0.05, 0) is 55.7 Å². The summed E-state index contributed by atoms with van der Waals surface area (Å²) in [6.45, 7) is 1.64. The zero-order valence-corrected chi connectivity index (χ0v) is 19.7. The minimum atomic E-state index is -3.69. The molecule has 2 N–H and O–H groups in total. The van der Waals surface area contributed by atoms with Crippen molar-refractivity contribution in [3.8, 4) is 0 Å². The third kappa shape index (κ3) is 4.62. The molecular weight excluding hydrogens is 448 g/mol. The molecule has 0 radical (unpaired) electrons. The fourth-order valence-electron chi connectivity index (χ4n) is 3.84. The molecule has 2 heterocycles. The van der Waals surface area contributed by atoms with Crippen LogP contribution in [0.5, 0.6) is 0 Å². The number of benzene rings is 2. The molecule has 0 aliphatic carbocycles. The second-order valence-electron chi connectivity index (χ2n) is 8.02. The number of thioether (sulfide) groups is 1. The van der Waals surface area contributed by atoms with Crippen molar-refractivity contribution in [1.82, 2.24) is 4.31 Å². The van der Waals surface area contributed by atoms with Crippen LogP contribution in [0, 0.1) is 0 Å². The van der Waals surface area contributed by atoms with Crippen molar-refractivity contribution < 1.29 is 18.0 Å². The monoisotopic (exact) mass is 474 g/mol. The molecule has 4 rings (SSSR count). The first-order valence-electron chi connectivity index (χ1n) is 10.5. The average molecular weight is 475 g/mol. The first-order valence-corrected chi connectivity index (χ1v) is 12.9. The van der Waals surface area contributed by atoms with Gasteiger partial charge in [-0.15, -0.1) is 11.8 Å². The number of sulfonamides is 1. The van der Waals surface area contributed by atoms with Gasteiger partial charge in [0.1, 0.15) is 0 Å². The first kappa shape index (κ1) is 22.6. The van der Waals surface area contributed by atoms with Crippen molar-refractivity contribution in [3.63, 3.8) is 0 Å². The van der Waals surface area contributed by atoms with Crippen molar-refractivity contribution in [1.29, 1.82) is 0 Å². The first-order chi connectivity index (χ1) is 15.3. The van der Waals surface area contributed by atoms with Crippen molar-refractivity contribution in [2.45, 2.75) is 29.1 Å². The van der Waals surface area contributed by atoms with Crippen LogP contribution >= 0.6 is 11.8 Å². The van der Waals surface area contributed by atoms with Crippen LogP contribution in [0.1, 0.15) is 29.6 Å². The standard InChI is InChI=1S/C22H26N4O4S2/c1-25(2)32(29,30)16-7-8-19(26-10-4-3-5-11-26)17(13-16)22(28)23-15-6-9-20-18(12-15)24-21(27)14-31-20/h6-9,12-13H,3-5,10-11,14H2,1-2H3,(H,23,28)(H,24,27). The molecule has 0 saturated carbocycles. The third-order valence-corrected chi connectivity index (χ3v) is 8.44. The van der Waals surface area contributed by atoms with E-state index < -0.39 is 15.9 Å². The van der Waals surface area contributed by atoms with Crippen molar-refractivity contribution >= 4 is 50.7 Å². The molecule has 0 aromatic heterocycles. The highest BCUT2D eigenvalue weighted by Gasteiger charge is 2.24. The van der Waals surface area contributed by atoms with E-state index in [-0.39, 0.29) is 10.8 Å². The fraction of sp³-hybridized carbons (Fsp3) is 0.364. The van der Waals surface area contributed by atoms with E-state index in [0.29, 0.717) is 22.7 Å². The van der Waals surface area contributed by atoms with E-state index in [1.165, 1.54) is 31.9 Å². The Morgan fingerprint density at radius 1 is 1.09 bits per heavy atom. The topological polar surface area (TPSA) is 98.8 Å². The summed E-state index contributed by atoms with van der Waals surface area (Å²) in [6, 6.07) is 10.1. The highest BCUT2D eigenvalue weighted by molar-refractivity contribution is 8.00. The van der Waals surface area contributed by atoms with E-state index in [9.17, 15) is 18.0 Å². The summed E-state index contributed by atoms with van der Waals surface area (Å²) in [5, 5.41) is 5.69. The Morgan fingerprint density at radius 2 is 1.84 bits per heavy atom. The van der Waals surface area contributed by atoms with Crippen LogP contribution in [0.25, 0.3) is 0 Å². The average Bonchev–Trinajstić information content (AvgIpc) is 2.78. The molecule has 2 amide bonds. The summed E-state index contributed by atoms with van der Waals surface area (Å²) in [5.41, 5.74) is 2.22. The third-order valence-electron chi connectivity index (χ3n) is 5.56. The minimum Gasteiger partial charge on any atom is -0.371 e. The molecule has 2 aliphatic rings. The molecule has 2 aliphatic heterocycles. The minimum absolute atomic E-state index is 0.0718. The molecule has 170 valence electrons. The highest BCUT2D eigenvalue weighted by Crippen LogP contribution is 2.34. The van der Waals surface area contributed by atoms with E-state index >= 15 is 0 Å². The summed E-state index contributed by atoms with van der Waals surface area (Å²) in [5.74, 6) is -0.110. The molecule has 2 aromatic carbocycles. The van der Waals surface area contributed by atoms with Gasteiger partial charge in [0.25, 0.3) is 5.91 Å². The van der Waals surface area contributed by atoms with Gasteiger partial charge in [0, 0.05) is 43.5 Å². The number of anilines is 3. The lowest BCUT2D eigenvalue weighted by Gasteiger charge is -2.30. The highest BCUT2D eigenvalue weighted by atomic mass is 32.2. The lowest BCUT2D eigenvalue weighted by atomic mass is 10.1. The van der Waals surface area contributed by atoms with Crippen LogP contribution in [0.3, 0.4) is 0 Å². The summed E-state index contributed by atoms with van der Waals surface area (Å²) in [7, 11) is -0.756. The number of amides is 2. The normalized spacial score (nSPS) is 16.5. The number of nitrogens with zero attached hydrogens (tertiary/aromatic N) is 2.